The molecule has 0 aromatic heterocycles. The summed E-state index contributed by atoms with van der Waals surface area (Å²) in [6.45, 7) is 6.50. The average Bonchev–Trinajstić information content (AvgIpc) is 2.54. The third-order valence-corrected chi connectivity index (χ3v) is 5.34. The second kappa shape index (κ2) is 7.79. The standard InChI is InChI=1S/C16H25N3O3S/c1-3-17-11-13-18(14-12-17)16(20)9-10-19(23(2,21)22)15-7-5-4-6-8-15/h4-8H,3,9-14H2,1-2H3. The summed E-state index contributed by atoms with van der Waals surface area (Å²) in [5.41, 5.74) is 0.596. The van der Waals surface area contributed by atoms with Crippen molar-refractivity contribution in [2.45, 2.75) is 13.3 Å². The fourth-order valence-electron chi connectivity index (χ4n) is 2.75. The zero-order valence-electron chi connectivity index (χ0n) is 13.8. The smallest absolute Gasteiger partial charge is 0.232 e. The first kappa shape index (κ1) is 17.7. The molecular formula is C16H25N3O3S. The Labute approximate surface area is 138 Å². The minimum Gasteiger partial charge on any atom is -0.340 e. The number of hydrogen-bond donors (Lipinski definition) is 0. The first-order chi connectivity index (χ1) is 10.9. The van der Waals surface area contributed by atoms with Crippen molar-refractivity contribution >= 4 is 21.6 Å². The lowest BCUT2D eigenvalue weighted by Gasteiger charge is -2.34. The molecule has 6 nitrogen and oxygen atoms in total. The molecule has 0 aliphatic carbocycles. The van der Waals surface area contributed by atoms with Crippen LogP contribution in [-0.4, -0.2) is 69.6 Å². The van der Waals surface area contributed by atoms with Crippen LogP contribution in [0.15, 0.2) is 30.3 Å². The van der Waals surface area contributed by atoms with Gasteiger partial charge in [-0.1, -0.05) is 25.1 Å². The van der Waals surface area contributed by atoms with Crippen molar-refractivity contribution in [3.63, 3.8) is 0 Å². The van der Waals surface area contributed by atoms with Crippen LogP contribution in [0.5, 0.6) is 0 Å². The highest BCUT2D eigenvalue weighted by molar-refractivity contribution is 7.92. The van der Waals surface area contributed by atoms with Crippen LogP contribution in [0.3, 0.4) is 0 Å². The number of benzene rings is 1. The molecule has 128 valence electrons. The summed E-state index contributed by atoms with van der Waals surface area (Å²) in [5, 5.41) is 0. The number of rotatable bonds is 6. The van der Waals surface area contributed by atoms with Gasteiger partial charge in [0.05, 0.1) is 11.9 Å². The summed E-state index contributed by atoms with van der Waals surface area (Å²) in [6, 6.07) is 8.90. The molecule has 1 heterocycles. The molecule has 0 spiro atoms. The molecular weight excluding hydrogens is 314 g/mol. The normalized spacial score (nSPS) is 16.3. The molecule has 2 rings (SSSR count). The topological polar surface area (TPSA) is 60.9 Å². The maximum absolute atomic E-state index is 12.3. The summed E-state index contributed by atoms with van der Waals surface area (Å²) >= 11 is 0. The van der Waals surface area contributed by atoms with Gasteiger partial charge >= 0.3 is 0 Å². The molecule has 0 radical (unpaired) electrons. The van der Waals surface area contributed by atoms with Crippen LogP contribution in [0.4, 0.5) is 5.69 Å². The zero-order valence-corrected chi connectivity index (χ0v) is 14.6. The molecule has 0 unspecified atom stereocenters. The number of amides is 1. The molecule has 1 aliphatic heterocycles. The van der Waals surface area contributed by atoms with Crippen LogP contribution < -0.4 is 4.31 Å². The number of sulfonamides is 1. The highest BCUT2D eigenvalue weighted by Gasteiger charge is 2.23. The summed E-state index contributed by atoms with van der Waals surface area (Å²) in [4.78, 5) is 16.5. The Morgan fingerprint density at radius 3 is 2.26 bits per heavy atom. The fraction of sp³-hybridized carbons (Fsp3) is 0.562. The van der Waals surface area contributed by atoms with Gasteiger partial charge in [0.2, 0.25) is 15.9 Å². The number of carbonyl (C=O) groups is 1. The minimum absolute atomic E-state index is 0.0188. The number of para-hydroxylation sites is 1. The van der Waals surface area contributed by atoms with Crippen molar-refractivity contribution in [1.82, 2.24) is 9.80 Å². The van der Waals surface area contributed by atoms with E-state index < -0.39 is 10.0 Å². The third kappa shape index (κ3) is 4.94. The van der Waals surface area contributed by atoms with Gasteiger partial charge < -0.3 is 9.80 Å². The molecule has 1 aliphatic rings. The van der Waals surface area contributed by atoms with E-state index in [2.05, 4.69) is 11.8 Å². The van der Waals surface area contributed by atoms with E-state index in [0.29, 0.717) is 5.69 Å². The van der Waals surface area contributed by atoms with Crippen LogP contribution in [0.25, 0.3) is 0 Å². The Bertz CT molecular complexity index is 611. The fourth-order valence-corrected chi connectivity index (χ4v) is 3.68. The van der Waals surface area contributed by atoms with Gasteiger partial charge in [-0.3, -0.25) is 9.10 Å². The van der Waals surface area contributed by atoms with Crippen molar-refractivity contribution < 1.29 is 13.2 Å². The molecule has 0 bridgehead atoms. The molecule has 0 N–H and O–H groups in total. The van der Waals surface area contributed by atoms with Gasteiger partial charge in [0.15, 0.2) is 0 Å². The van der Waals surface area contributed by atoms with Gasteiger partial charge in [-0.2, -0.15) is 0 Å². The number of piperazine rings is 1. The number of carbonyl (C=O) groups excluding carboxylic acids is 1. The zero-order chi connectivity index (χ0) is 16.9. The van der Waals surface area contributed by atoms with E-state index in [0.717, 1.165) is 32.7 Å². The Morgan fingerprint density at radius 1 is 1.13 bits per heavy atom. The van der Waals surface area contributed by atoms with Crippen molar-refractivity contribution in [3.05, 3.63) is 30.3 Å². The van der Waals surface area contributed by atoms with Crippen LogP contribution in [-0.2, 0) is 14.8 Å². The molecule has 1 saturated heterocycles. The highest BCUT2D eigenvalue weighted by atomic mass is 32.2. The third-order valence-electron chi connectivity index (χ3n) is 4.15. The predicted molar refractivity (Wildman–Crippen MR) is 91.9 cm³/mol. The first-order valence-corrected chi connectivity index (χ1v) is 9.79. The van der Waals surface area contributed by atoms with E-state index >= 15 is 0 Å². The summed E-state index contributed by atoms with van der Waals surface area (Å²) in [5.74, 6) is 0.0188. The highest BCUT2D eigenvalue weighted by Crippen LogP contribution is 2.17. The van der Waals surface area contributed by atoms with Gasteiger partial charge in [-0.25, -0.2) is 8.42 Å². The molecule has 1 aromatic rings. The van der Waals surface area contributed by atoms with E-state index in [1.54, 1.807) is 24.3 Å². The quantitative estimate of drug-likeness (QED) is 0.776. The van der Waals surface area contributed by atoms with Gasteiger partial charge in [0, 0.05) is 39.1 Å². The van der Waals surface area contributed by atoms with Gasteiger partial charge in [0.25, 0.3) is 0 Å². The summed E-state index contributed by atoms with van der Waals surface area (Å²) in [6.07, 6.45) is 1.37. The minimum atomic E-state index is -3.40. The summed E-state index contributed by atoms with van der Waals surface area (Å²) in [7, 11) is -3.40. The Hall–Kier alpha value is -1.60. The van der Waals surface area contributed by atoms with Crippen molar-refractivity contribution in [1.29, 1.82) is 0 Å². The van der Waals surface area contributed by atoms with Crippen molar-refractivity contribution in [2.75, 3.05) is 49.8 Å². The molecule has 1 fully saturated rings. The lowest BCUT2D eigenvalue weighted by Crippen LogP contribution is -2.49. The lowest BCUT2D eigenvalue weighted by molar-refractivity contribution is -0.132. The Balaban J connectivity index is 1.95. The monoisotopic (exact) mass is 339 g/mol. The van der Waals surface area contributed by atoms with E-state index in [-0.39, 0.29) is 18.9 Å². The van der Waals surface area contributed by atoms with Crippen molar-refractivity contribution in [3.8, 4) is 0 Å². The lowest BCUT2D eigenvalue weighted by atomic mass is 10.2. The molecule has 0 saturated carbocycles. The van der Waals surface area contributed by atoms with E-state index in [4.69, 9.17) is 0 Å². The Kier molecular flexibility index (Phi) is 6.01. The number of hydrogen-bond acceptors (Lipinski definition) is 4. The second-order valence-corrected chi connectivity index (χ2v) is 7.64. The van der Waals surface area contributed by atoms with Crippen LogP contribution in [0.2, 0.25) is 0 Å². The number of likely N-dealkylation sites (N-methyl/N-ethyl adjacent to an activating group) is 1. The second-order valence-electron chi connectivity index (χ2n) is 5.74. The van der Waals surface area contributed by atoms with Gasteiger partial charge in [0.1, 0.15) is 0 Å². The van der Waals surface area contributed by atoms with Crippen LogP contribution >= 0.6 is 0 Å². The summed E-state index contributed by atoms with van der Waals surface area (Å²) < 4.78 is 25.3. The first-order valence-electron chi connectivity index (χ1n) is 7.94. The number of nitrogens with zero attached hydrogens (tertiary/aromatic N) is 3. The molecule has 1 aromatic carbocycles. The van der Waals surface area contributed by atoms with E-state index in [9.17, 15) is 13.2 Å². The predicted octanol–water partition coefficient (Wildman–Crippen LogP) is 1.01. The molecule has 7 heteroatoms. The molecule has 0 atom stereocenters. The maximum atomic E-state index is 12.3. The number of anilines is 1. The largest absolute Gasteiger partial charge is 0.340 e. The SMILES string of the molecule is CCN1CCN(C(=O)CCN(c2ccccc2)S(C)(=O)=O)CC1. The maximum Gasteiger partial charge on any atom is 0.232 e. The average molecular weight is 339 g/mol. The molecule has 23 heavy (non-hydrogen) atoms. The van der Waals surface area contributed by atoms with Crippen LogP contribution in [0, 0.1) is 0 Å². The van der Waals surface area contributed by atoms with Gasteiger partial charge in [-0.15, -0.1) is 0 Å². The van der Waals surface area contributed by atoms with Crippen LogP contribution in [0.1, 0.15) is 13.3 Å². The molecule has 1 amide bonds. The Morgan fingerprint density at radius 2 is 1.74 bits per heavy atom. The van der Waals surface area contributed by atoms with E-state index in [1.807, 2.05) is 11.0 Å². The van der Waals surface area contributed by atoms with E-state index in [1.165, 1.54) is 10.6 Å². The van der Waals surface area contributed by atoms with Crippen molar-refractivity contribution in [2.24, 2.45) is 0 Å². The van der Waals surface area contributed by atoms with Gasteiger partial charge in [-0.05, 0) is 18.7 Å².